The van der Waals surface area contributed by atoms with Crippen molar-refractivity contribution in [1.82, 2.24) is 5.32 Å². The minimum atomic E-state index is -1.42. The lowest BCUT2D eigenvalue weighted by Gasteiger charge is -2.14. The van der Waals surface area contributed by atoms with E-state index in [1.165, 1.54) is 5.56 Å². The van der Waals surface area contributed by atoms with Crippen molar-refractivity contribution in [2.75, 3.05) is 6.54 Å². The lowest BCUT2D eigenvalue weighted by Crippen LogP contribution is -2.18. The van der Waals surface area contributed by atoms with Crippen molar-refractivity contribution in [3.8, 4) is 11.1 Å². The quantitative estimate of drug-likeness (QED) is 0.828. The van der Waals surface area contributed by atoms with Crippen LogP contribution in [0, 0.1) is 17.5 Å². The molecule has 0 saturated heterocycles. The SMILES string of the molecule is CCNC1CCc2c(-c3cc(F)c(F)c(F)c3)cccc21. The summed E-state index contributed by atoms with van der Waals surface area (Å²) in [7, 11) is 0. The van der Waals surface area contributed by atoms with Crippen LogP contribution in [0.4, 0.5) is 13.2 Å². The maximum Gasteiger partial charge on any atom is 0.194 e. The maximum absolute atomic E-state index is 13.4. The molecule has 0 saturated carbocycles. The molecule has 1 N–H and O–H groups in total. The molecule has 21 heavy (non-hydrogen) atoms. The summed E-state index contributed by atoms with van der Waals surface area (Å²) in [5, 5.41) is 3.40. The van der Waals surface area contributed by atoms with Gasteiger partial charge in [0.1, 0.15) is 0 Å². The van der Waals surface area contributed by atoms with E-state index in [-0.39, 0.29) is 6.04 Å². The fraction of sp³-hybridized carbons (Fsp3) is 0.294. The lowest BCUT2D eigenvalue weighted by molar-refractivity contribution is 0.447. The molecule has 0 heterocycles. The number of benzene rings is 2. The predicted molar refractivity (Wildman–Crippen MR) is 76.5 cm³/mol. The summed E-state index contributed by atoms with van der Waals surface area (Å²) >= 11 is 0. The molecule has 0 aliphatic heterocycles. The van der Waals surface area contributed by atoms with Gasteiger partial charge < -0.3 is 5.32 Å². The van der Waals surface area contributed by atoms with Crippen LogP contribution in [0.15, 0.2) is 30.3 Å². The van der Waals surface area contributed by atoms with Crippen LogP contribution < -0.4 is 5.32 Å². The van der Waals surface area contributed by atoms with Gasteiger partial charge in [0.05, 0.1) is 0 Å². The summed E-state index contributed by atoms with van der Waals surface area (Å²) < 4.78 is 40.0. The van der Waals surface area contributed by atoms with Gasteiger partial charge in [-0.25, -0.2) is 13.2 Å². The van der Waals surface area contributed by atoms with Gasteiger partial charge in [0.2, 0.25) is 0 Å². The van der Waals surface area contributed by atoms with E-state index in [4.69, 9.17) is 0 Å². The monoisotopic (exact) mass is 291 g/mol. The van der Waals surface area contributed by atoms with Crippen LogP contribution in [0.25, 0.3) is 11.1 Å². The Morgan fingerprint density at radius 1 is 1.14 bits per heavy atom. The molecule has 2 aromatic rings. The van der Waals surface area contributed by atoms with Crippen molar-refractivity contribution in [3.05, 3.63) is 58.9 Å². The van der Waals surface area contributed by atoms with E-state index in [1.54, 1.807) is 0 Å². The molecule has 1 atom stereocenters. The van der Waals surface area contributed by atoms with E-state index in [0.717, 1.165) is 42.6 Å². The molecule has 0 radical (unpaired) electrons. The molecular weight excluding hydrogens is 275 g/mol. The minimum absolute atomic E-state index is 0.278. The summed E-state index contributed by atoms with van der Waals surface area (Å²) in [4.78, 5) is 0. The van der Waals surface area contributed by atoms with Crippen LogP contribution in [-0.4, -0.2) is 6.54 Å². The summed E-state index contributed by atoms with van der Waals surface area (Å²) in [6.45, 7) is 2.92. The third-order valence-corrected chi connectivity index (χ3v) is 4.02. The maximum atomic E-state index is 13.4. The first-order valence-electron chi connectivity index (χ1n) is 7.12. The van der Waals surface area contributed by atoms with Crippen molar-refractivity contribution < 1.29 is 13.2 Å². The second-order valence-electron chi connectivity index (χ2n) is 5.28. The first-order valence-corrected chi connectivity index (χ1v) is 7.12. The van der Waals surface area contributed by atoms with Gasteiger partial charge in [-0.3, -0.25) is 0 Å². The Morgan fingerprint density at radius 2 is 1.86 bits per heavy atom. The Labute approximate surface area is 121 Å². The van der Waals surface area contributed by atoms with E-state index in [0.29, 0.717) is 5.56 Å². The Balaban J connectivity index is 2.09. The Kier molecular flexibility index (Phi) is 3.72. The first kappa shape index (κ1) is 14.1. The number of fused-ring (bicyclic) bond motifs is 1. The molecule has 1 unspecified atom stereocenters. The fourth-order valence-corrected chi connectivity index (χ4v) is 3.09. The van der Waals surface area contributed by atoms with Gasteiger partial charge in [-0.05, 0) is 53.8 Å². The van der Waals surface area contributed by atoms with Crippen LogP contribution in [0.1, 0.15) is 30.5 Å². The standard InChI is InChI=1S/C17H16F3N/c1-2-21-16-7-6-12-11(4-3-5-13(12)16)10-8-14(18)17(20)15(19)9-10/h3-5,8-9,16,21H,2,6-7H2,1H3. The normalized spacial score (nSPS) is 17.0. The highest BCUT2D eigenvalue weighted by atomic mass is 19.2. The molecule has 1 nitrogen and oxygen atoms in total. The Morgan fingerprint density at radius 3 is 2.52 bits per heavy atom. The average molecular weight is 291 g/mol. The molecular formula is C17H16F3N. The van der Waals surface area contributed by atoms with Crippen molar-refractivity contribution in [2.24, 2.45) is 0 Å². The Hall–Kier alpha value is -1.81. The molecule has 0 fully saturated rings. The highest BCUT2D eigenvalue weighted by molar-refractivity contribution is 5.70. The summed E-state index contributed by atoms with van der Waals surface area (Å²) in [6, 6.07) is 8.15. The first-order chi connectivity index (χ1) is 10.1. The Bertz CT molecular complexity index is 659. The van der Waals surface area contributed by atoms with E-state index in [2.05, 4.69) is 5.32 Å². The minimum Gasteiger partial charge on any atom is -0.310 e. The third-order valence-electron chi connectivity index (χ3n) is 4.02. The van der Waals surface area contributed by atoms with E-state index in [9.17, 15) is 13.2 Å². The molecule has 2 aromatic carbocycles. The van der Waals surface area contributed by atoms with Gasteiger partial charge in [-0.1, -0.05) is 25.1 Å². The van der Waals surface area contributed by atoms with Crippen molar-refractivity contribution >= 4 is 0 Å². The van der Waals surface area contributed by atoms with Gasteiger partial charge in [0.25, 0.3) is 0 Å². The summed E-state index contributed by atoms with van der Waals surface area (Å²) in [5.74, 6) is -3.72. The summed E-state index contributed by atoms with van der Waals surface area (Å²) in [5.41, 5.74) is 3.43. The highest BCUT2D eigenvalue weighted by Gasteiger charge is 2.24. The van der Waals surface area contributed by atoms with Gasteiger partial charge in [-0.2, -0.15) is 0 Å². The molecule has 3 rings (SSSR count). The largest absolute Gasteiger partial charge is 0.310 e. The smallest absolute Gasteiger partial charge is 0.194 e. The second-order valence-corrected chi connectivity index (χ2v) is 5.28. The zero-order valence-electron chi connectivity index (χ0n) is 11.7. The van der Waals surface area contributed by atoms with Crippen LogP contribution in [0.5, 0.6) is 0 Å². The van der Waals surface area contributed by atoms with Crippen LogP contribution in [0.3, 0.4) is 0 Å². The van der Waals surface area contributed by atoms with Crippen LogP contribution in [0.2, 0.25) is 0 Å². The van der Waals surface area contributed by atoms with Crippen molar-refractivity contribution in [2.45, 2.75) is 25.8 Å². The molecule has 110 valence electrons. The molecule has 1 aliphatic rings. The zero-order valence-corrected chi connectivity index (χ0v) is 11.7. The van der Waals surface area contributed by atoms with Gasteiger partial charge >= 0.3 is 0 Å². The highest BCUT2D eigenvalue weighted by Crippen LogP contribution is 2.38. The molecule has 0 bridgehead atoms. The van der Waals surface area contributed by atoms with E-state index < -0.39 is 17.5 Å². The van der Waals surface area contributed by atoms with Gasteiger partial charge in [0, 0.05) is 6.04 Å². The lowest BCUT2D eigenvalue weighted by atomic mass is 9.96. The molecule has 0 amide bonds. The summed E-state index contributed by atoms with van der Waals surface area (Å²) in [6.07, 6.45) is 1.82. The number of nitrogens with one attached hydrogen (secondary N) is 1. The fourth-order valence-electron chi connectivity index (χ4n) is 3.09. The van der Waals surface area contributed by atoms with Gasteiger partial charge in [-0.15, -0.1) is 0 Å². The number of hydrogen-bond donors (Lipinski definition) is 1. The topological polar surface area (TPSA) is 12.0 Å². The third kappa shape index (κ3) is 2.44. The molecule has 0 aromatic heterocycles. The molecule has 4 heteroatoms. The van der Waals surface area contributed by atoms with Crippen molar-refractivity contribution in [1.29, 1.82) is 0 Å². The number of halogens is 3. The second kappa shape index (κ2) is 5.53. The molecule has 0 spiro atoms. The van der Waals surface area contributed by atoms with Gasteiger partial charge in [0.15, 0.2) is 17.5 Å². The number of hydrogen-bond acceptors (Lipinski definition) is 1. The van der Waals surface area contributed by atoms with E-state index in [1.807, 2.05) is 25.1 Å². The van der Waals surface area contributed by atoms with Crippen molar-refractivity contribution in [3.63, 3.8) is 0 Å². The van der Waals surface area contributed by atoms with Crippen LogP contribution in [-0.2, 0) is 6.42 Å². The zero-order chi connectivity index (χ0) is 15.0. The predicted octanol–water partition coefficient (Wildman–Crippen LogP) is 4.37. The number of rotatable bonds is 3. The van der Waals surface area contributed by atoms with Crippen LogP contribution >= 0.6 is 0 Å². The molecule has 1 aliphatic carbocycles. The average Bonchev–Trinajstić information content (AvgIpc) is 2.88. The van der Waals surface area contributed by atoms with E-state index >= 15 is 0 Å².